The smallest absolute Gasteiger partial charge is 0.191 e. The van der Waals surface area contributed by atoms with E-state index in [1.807, 2.05) is 12.1 Å². The van der Waals surface area contributed by atoms with Crippen molar-refractivity contribution < 1.29 is 9.47 Å². The first-order valence-electron chi connectivity index (χ1n) is 8.15. The highest BCUT2D eigenvalue weighted by atomic mass is 127. The Labute approximate surface area is 163 Å². The fourth-order valence-electron chi connectivity index (χ4n) is 2.27. The molecular formula is C18H32IN3O2. The van der Waals surface area contributed by atoms with E-state index in [-0.39, 0.29) is 29.4 Å². The molecule has 0 atom stereocenters. The summed E-state index contributed by atoms with van der Waals surface area (Å²) < 4.78 is 10.7. The lowest BCUT2D eigenvalue weighted by atomic mass is 9.84. The highest BCUT2D eigenvalue weighted by Gasteiger charge is 2.22. The molecule has 0 heterocycles. The number of rotatable bonds is 8. The van der Waals surface area contributed by atoms with Crippen LogP contribution in [0.3, 0.4) is 0 Å². The molecule has 0 fully saturated rings. The second-order valence-corrected chi connectivity index (χ2v) is 6.16. The maximum atomic E-state index is 5.40. The van der Waals surface area contributed by atoms with Crippen LogP contribution >= 0.6 is 24.0 Å². The van der Waals surface area contributed by atoms with E-state index in [2.05, 4.69) is 42.5 Å². The van der Waals surface area contributed by atoms with Crippen LogP contribution in [0.5, 0.6) is 11.5 Å². The lowest BCUT2D eigenvalue weighted by Gasteiger charge is -2.27. The number of nitrogens with zero attached hydrogens (tertiary/aromatic N) is 1. The summed E-state index contributed by atoms with van der Waals surface area (Å²) in [5, 5.41) is 6.73. The minimum Gasteiger partial charge on any atom is -0.493 e. The van der Waals surface area contributed by atoms with E-state index < -0.39 is 0 Å². The molecule has 0 aliphatic rings. The Morgan fingerprint density at radius 2 is 1.79 bits per heavy atom. The fraction of sp³-hybridized carbons (Fsp3) is 0.611. The van der Waals surface area contributed by atoms with Gasteiger partial charge in [0.05, 0.1) is 14.2 Å². The molecule has 6 heteroatoms. The molecule has 0 amide bonds. The van der Waals surface area contributed by atoms with E-state index in [1.165, 1.54) is 12.0 Å². The van der Waals surface area contributed by atoms with E-state index in [0.717, 1.165) is 37.0 Å². The van der Waals surface area contributed by atoms with Crippen LogP contribution in [0.4, 0.5) is 0 Å². The molecule has 1 rings (SSSR count). The van der Waals surface area contributed by atoms with Gasteiger partial charge in [-0.15, -0.1) is 24.0 Å². The second-order valence-electron chi connectivity index (χ2n) is 6.16. The van der Waals surface area contributed by atoms with Crippen molar-refractivity contribution in [1.29, 1.82) is 0 Å². The number of nitrogens with one attached hydrogen (secondary N) is 2. The van der Waals surface area contributed by atoms with Gasteiger partial charge in [-0.25, -0.2) is 0 Å². The van der Waals surface area contributed by atoms with Crippen LogP contribution in [-0.4, -0.2) is 40.3 Å². The summed E-state index contributed by atoms with van der Waals surface area (Å²) in [5.41, 5.74) is 1.12. The standard InChI is InChI=1S/C18H31N3O2.HI/c1-7-8-11-20-17(19-4)21-13-18(2,3)14-9-10-15(22-5)16(12-14)23-6;/h9-10,12H,7-8,11,13H2,1-6H3,(H2,19,20,21);1H. The van der Waals surface area contributed by atoms with E-state index in [9.17, 15) is 0 Å². The van der Waals surface area contributed by atoms with Crippen molar-refractivity contribution in [2.45, 2.75) is 39.0 Å². The van der Waals surface area contributed by atoms with Gasteiger partial charge in [0, 0.05) is 25.6 Å². The summed E-state index contributed by atoms with van der Waals surface area (Å²) in [6.45, 7) is 8.28. The quantitative estimate of drug-likeness (QED) is 0.276. The molecule has 0 radical (unpaired) electrons. The average Bonchev–Trinajstić information content (AvgIpc) is 2.57. The molecule has 1 aromatic rings. The van der Waals surface area contributed by atoms with E-state index >= 15 is 0 Å². The molecule has 0 aromatic heterocycles. The van der Waals surface area contributed by atoms with E-state index in [1.54, 1.807) is 21.3 Å². The Morgan fingerprint density at radius 3 is 2.33 bits per heavy atom. The van der Waals surface area contributed by atoms with Crippen LogP contribution in [0.15, 0.2) is 23.2 Å². The van der Waals surface area contributed by atoms with Crippen molar-refractivity contribution in [3.8, 4) is 11.5 Å². The van der Waals surface area contributed by atoms with Gasteiger partial charge < -0.3 is 20.1 Å². The predicted molar refractivity (Wildman–Crippen MR) is 112 cm³/mol. The molecule has 1 aromatic carbocycles. The number of hydrogen-bond donors (Lipinski definition) is 2. The van der Waals surface area contributed by atoms with Gasteiger partial charge in [-0.3, -0.25) is 4.99 Å². The summed E-state index contributed by atoms with van der Waals surface area (Å²) in [5.74, 6) is 2.34. The number of guanidine groups is 1. The summed E-state index contributed by atoms with van der Waals surface area (Å²) in [7, 11) is 5.10. The summed E-state index contributed by atoms with van der Waals surface area (Å²) in [6.07, 6.45) is 2.31. The van der Waals surface area contributed by atoms with Crippen molar-refractivity contribution in [3.63, 3.8) is 0 Å². The molecular weight excluding hydrogens is 417 g/mol. The third kappa shape index (κ3) is 6.75. The lowest BCUT2D eigenvalue weighted by Crippen LogP contribution is -2.43. The van der Waals surface area contributed by atoms with Crippen molar-refractivity contribution in [2.24, 2.45) is 4.99 Å². The summed E-state index contributed by atoms with van der Waals surface area (Å²) in [6, 6.07) is 6.06. The molecule has 0 saturated carbocycles. The van der Waals surface area contributed by atoms with Crippen molar-refractivity contribution in [1.82, 2.24) is 10.6 Å². The lowest BCUT2D eigenvalue weighted by molar-refractivity contribution is 0.353. The number of benzene rings is 1. The highest BCUT2D eigenvalue weighted by Crippen LogP contribution is 2.32. The minimum absolute atomic E-state index is 0. The highest BCUT2D eigenvalue weighted by molar-refractivity contribution is 14.0. The van der Waals surface area contributed by atoms with Crippen molar-refractivity contribution in [3.05, 3.63) is 23.8 Å². The molecule has 138 valence electrons. The van der Waals surface area contributed by atoms with Crippen LogP contribution in [0, 0.1) is 0 Å². The number of ether oxygens (including phenoxy) is 2. The van der Waals surface area contributed by atoms with Gasteiger partial charge >= 0.3 is 0 Å². The Hall–Kier alpha value is -1.18. The average molecular weight is 449 g/mol. The fourth-order valence-corrected chi connectivity index (χ4v) is 2.27. The van der Waals surface area contributed by atoms with E-state index in [4.69, 9.17) is 9.47 Å². The zero-order valence-corrected chi connectivity index (χ0v) is 18.1. The molecule has 0 saturated heterocycles. The summed E-state index contributed by atoms with van der Waals surface area (Å²) >= 11 is 0. The van der Waals surface area contributed by atoms with Gasteiger partial charge in [-0.05, 0) is 24.1 Å². The monoisotopic (exact) mass is 449 g/mol. The van der Waals surface area contributed by atoms with Gasteiger partial charge in [0.15, 0.2) is 17.5 Å². The second kappa shape index (κ2) is 11.4. The molecule has 0 aliphatic heterocycles. The Balaban J connectivity index is 0.00000529. The Morgan fingerprint density at radius 1 is 1.12 bits per heavy atom. The molecule has 24 heavy (non-hydrogen) atoms. The van der Waals surface area contributed by atoms with Gasteiger partial charge in [0.1, 0.15) is 0 Å². The minimum atomic E-state index is -0.0675. The first-order valence-corrected chi connectivity index (χ1v) is 8.15. The van der Waals surface area contributed by atoms with Gasteiger partial charge in [0.2, 0.25) is 0 Å². The topological polar surface area (TPSA) is 54.9 Å². The maximum Gasteiger partial charge on any atom is 0.191 e. The van der Waals surface area contributed by atoms with Gasteiger partial charge in [-0.1, -0.05) is 33.3 Å². The molecule has 0 bridgehead atoms. The van der Waals surface area contributed by atoms with Crippen LogP contribution in [-0.2, 0) is 5.41 Å². The molecule has 0 spiro atoms. The van der Waals surface area contributed by atoms with Crippen molar-refractivity contribution >= 4 is 29.9 Å². The van der Waals surface area contributed by atoms with Crippen LogP contribution in [0.25, 0.3) is 0 Å². The molecule has 2 N–H and O–H groups in total. The largest absolute Gasteiger partial charge is 0.493 e. The Bertz CT molecular complexity index is 519. The first-order chi connectivity index (χ1) is 11.0. The number of unbranched alkanes of at least 4 members (excludes halogenated alkanes) is 1. The molecule has 0 unspecified atom stereocenters. The zero-order valence-electron chi connectivity index (χ0n) is 15.7. The summed E-state index contributed by atoms with van der Waals surface area (Å²) in [4.78, 5) is 4.27. The predicted octanol–water partition coefficient (Wildman–Crippen LogP) is 3.56. The number of aliphatic imine (C=N–C) groups is 1. The first kappa shape index (κ1) is 22.8. The zero-order chi connectivity index (χ0) is 17.3. The third-order valence-electron chi connectivity index (χ3n) is 3.91. The molecule has 5 nitrogen and oxygen atoms in total. The third-order valence-corrected chi connectivity index (χ3v) is 3.91. The van der Waals surface area contributed by atoms with Crippen molar-refractivity contribution in [2.75, 3.05) is 34.4 Å². The number of halogens is 1. The SMILES string of the molecule is CCCCNC(=NC)NCC(C)(C)c1ccc(OC)c(OC)c1.I. The van der Waals surface area contributed by atoms with Crippen LogP contribution < -0.4 is 20.1 Å². The maximum absolute atomic E-state index is 5.40. The van der Waals surface area contributed by atoms with E-state index in [0.29, 0.717) is 0 Å². The Kier molecular flexibility index (Phi) is 10.8. The normalized spacial score (nSPS) is 11.5. The molecule has 0 aliphatic carbocycles. The number of methoxy groups -OCH3 is 2. The van der Waals surface area contributed by atoms with Crippen LogP contribution in [0.2, 0.25) is 0 Å². The van der Waals surface area contributed by atoms with Gasteiger partial charge in [-0.2, -0.15) is 0 Å². The van der Waals surface area contributed by atoms with Crippen LogP contribution in [0.1, 0.15) is 39.2 Å². The number of hydrogen-bond acceptors (Lipinski definition) is 3. The van der Waals surface area contributed by atoms with Gasteiger partial charge in [0.25, 0.3) is 0 Å².